The van der Waals surface area contributed by atoms with Crippen LogP contribution in [0.2, 0.25) is 0 Å². The van der Waals surface area contributed by atoms with Crippen LogP contribution in [0.4, 0.5) is 5.82 Å². The van der Waals surface area contributed by atoms with Crippen molar-refractivity contribution in [2.24, 2.45) is 0 Å². The van der Waals surface area contributed by atoms with Crippen LogP contribution < -0.4 is 11.1 Å². The van der Waals surface area contributed by atoms with E-state index in [9.17, 15) is 0 Å². The first-order chi connectivity index (χ1) is 7.77. The second-order valence-electron chi connectivity index (χ2n) is 3.79. The molecule has 0 fully saturated rings. The number of nitrogen functional groups attached to an aromatic ring is 1. The van der Waals surface area contributed by atoms with Crippen LogP contribution in [0.25, 0.3) is 0 Å². The molecule has 1 aromatic rings. The van der Waals surface area contributed by atoms with Crippen LogP contribution in [0.15, 0.2) is 18.3 Å². The lowest BCUT2D eigenvalue weighted by Gasteiger charge is -2.18. The van der Waals surface area contributed by atoms with Crippen molar-refractivity contribution in [3.63, 3.8) is 0 Å². The Balaban J connectivity index is 2.56. The van der Waals surface area contributed by atoms with Crippen molar-refractivity contribution in [3.8, 4) is 0 Å². The number of nitrogens with zero attached hydrogens (tertiary/aromatic N) is 1. The van der Waals surface area contributed by atoms with E-state index >= 15 is 0 Å². The molecule has 16 heavy (non-hydrogen) atoms. The van der Waals surface area contributed by atoms with Crippen LogP contribution in [0.1, 0.15) is 18.9 Å². The van der Waals surface area contributed by atoms with Gasteiger partial charge in [-0.15, -0.1) is 0 Å². The highest BCUT2D eigenvalue weighted by Gasteiger charge is 2.10. The third kappa shape index (κ3) is 4.16. The highest BCUT2D eigenvalue weighted by atomic mass is 16.5. The zero-order valence-corrected chi connectivity index (χ0v) is 10.1. The maximum absolute atomic E-state index is 5.82. The number of nitrogens with two attached hydrogens (primary N) is 1. The van der Waals surface area contributed by atoms with Crippen LogP contribution in [-0.2, 0) is 11.2 Å². The van der Waals surface area contributed by atoms with Crippen molar-refractivity contribution in [3.05, 3.63) is 23.9 Å². The molecular formula is C12H21N3O. The van der Waals surface area contributed by atoms with Crippen molar-refractivity contribution in [1.29, 1.82) is 0 Å². The first kappa shape index (κ1) is 12.9. The molecule has 3 N–H and O–H groups in total. The van der Waals surface area contributed by atoms with Crippen LogP contribution in [0.5, 0.6) is 0 Å². The lowest BCUT2D eigenvalue weighted by Crippen LogP contribution is -2.32. The molecule has 0 spiro atoms. The van der Waals surface area contributed by atoms with Gasteiger partial charge in [-0.1, -0.05) is 13.0 Å². The average Bonchev–Trinajstić information content (AvgIpc) is 2.29. The van der Waals surface area contributed by atoms with Gasteiger partial charge >= 0.3 is 0 Å². The Labute approximate surface area is 97.2 Å². The molecule has 0 saturated carbocycles. The quantitative estimate of drug-likeness (QED) is 0.729. The minimum atomic E-state index is 0.399. The summed E-state index contributed by atoms with van der Waals surface area (Å²) in [6.45, 7) is 3.82. The van der Waals surface area contributed by atoms with Gasteiger partial charge in [0.05, 0.1) is 0 Å². The SMILES string of the molecule is CCNC(CCOC)Cc1cccnc1N. The molecule has 1 rings (SSSR count). The molecule has 1 unspecified atom stereocenters. The number of rotatable bonds is 7. The first-order valence-corrected chi connectivity index (χ1v) is 5.69. The second kappa shape index (κ2) is 7.19. The third-order valence-electron chi connectivity index (χ3n) is 2.56. The number of ether oxygens (including phenoxy) is 1. The van der Waals surface area contributed by atoms with E-state index in [0.29, 0.717) is 11.9 Å². The minimum Gasteiger partial charge on any atom is -0.385 e. The lowest BCUT2D eigenvalue weighted by atomic mass is 10.0. The van der Waals surface area contributed by atoms with E-state index in [4.69, 9.17) is 10.5 Å². The highest BCUT2D eigenvalue weighted by molar-refractivity contribution is 5.38. The number of pyridine rings is 1. The maximum atomic E-state index is 5.82. The van der Waals surface area contributed by atoms with Gasteiger partial charge in [-0.25, -0.2) is 4.98 Å². The molecule has 0 aliphatic rings. The van der Waals surface area contributed by atoms with E-state index in [2.05, 4.69) is 17.2 Å². The van der Waals surface area contributed by atoms with Gasteiger partial charge in [-0.05, 0) is 31.0 Å². The summed E-state index contributed by atoms with van der Waals surface area (Å²) in [4.78, 5) is 4.09. The molecule has 0 aliphatic heterocycles. The molecule has 0 aromatic carbocycles. The van der Waals surface area contributed by atoms with Crippen molar-refractivity contribution < 1.29 is 4.74 Å². The van der Waals surface area contributed by atoms with E-state index in [1.54, 1.807) is 13.3 Å². The fourth-order valence-electron chi connectivity index (χ4n) is 1.71. The Morgan fingerprint density at radius 2 is 2.38 bits per heavy atom. The maximum Gasteiger partial charge on any atom is 0.126 e. The molecule has 0 bridgehead atoms. The van der Waals surface area contributed by atoms with Gasteiger partial charge in [-0.3, -0.25) is 0 Å². The standard InChI is InChI=1S/C12H21N3O/c1-3-14-11(6-8-16-2)9-10-5-4-7-15-12(10)13/h4-5,7,11,14H,3,6,8-9H2,1-2H3,(H2,13,15). The third-order valence-corrected chi connectivity index (χ3v) is 2.56. The number of hydrogen-bond donors (Lipinski definition) is 2. The number of methoxy groups -OCH3 is 1. The summed E-state index contributed by atoms with van der Waals surface area (Å²) in [5.74, 6) is 0.628. The van der Waals surface area contributed by atoms with Gasteiger partial charge in [0.15, 0.2) is 0 Å². The molecule has 1 aromatic heterocycles. The van der Waals surface area contributed by atoms with E-state index < -0.39 is 0 Å². The molecule has 4 heteroatoms. The molecule has 1 atom stereocenters. The zero-order chi connectivity index (χ0) is 11.8. The lowest BCUT2D eigenvalue weighted by molar-refractivity contribution is 0.183. The van der Waals surface area contributed by atoms with Gasteiger partial charge in [0.1, 0.15) is 5.82 Å². The number of nitrogens with one attached hydrogen (secondary N) is 1. The summed E-state index contributed by atoms with van der Waals surface area (Å²) < 4.78 is 5.10. The number of hydrogen-bond acceptors (Lipinski definition) is 4. The number of aromatic nitrogens is 1. The van der Waals surface area contributed by atoms with Gasteiger partial charge in [0.2, 0.25) is 0 Å². The predicted molar refractivity (Wildman–Crippen MR) is 66.3 cm³/mol. The van der Waals surface area contributed by atoms with Crippen molar-refractivity contribution >= 4 is 5.82 Å². The summed E-state index contributed by atoms with van der Waals surface area (Å²) in [5.41, 5.74) is 6.92. The summed E-state index contributed by atoms with van der Waals surface area (Å²) in [6, 6.07) is 4.35. The normalized spacial score (nSPS) is 12.6. The van der Waals surface area contributed by atoms with Gasteiger partial charge in [-0.2, -0.15) is 0 Å². The van der Waals surface area contributed by atoms with Crippen LogP contribution in [0.3, 0.4) is 0 Å². The molecule has 0 amide bonds. The Morgan fingerprint density at radius 1 is 1.56 bits per heavy atom. The molecule has 0 aliphatic carbocycles. The van der Waals surface area contributed by atoms with Crippen LogP contribution in [0, 0.1) is 0 Å². The molecule has 90 valence electrons. The number of likely N-dealkylation sites (N-methyl/N-ethyl adjacent to an activating group) is 1. The van der Waals surface area contributed by atoms with E-state index in [1.807, 2.05) is 12.1 Å². The van der Waals surface area contributed by atoms with E-state index in [-0.39, 0.29) is 0 Å². The zero-order valence-electron chi connectivity index (χ0n) is 10.1. The van der Waals surface area contributed by atoms with E-state index in [1.165, 1.54) is 0 Å². The Hall–Kier alpha value is -1.13. The minimum absolute atomic E-state index is 0.399. The molecular weight excluding hydrogens is 202 g/mol. The topological polar surface area (TPSA) is 60.2 Å². The van der Waals surface area contributed by atoms with Gasteiger partial charge in [0, 0.05) is 26.0 Å². The molecule has 0 saturated heterocycles. The fourth-order valence-corrected chi connectivity index (χ4v) is 1.71. The fraction of sp³-hybridized carbons (Fsp3) is 0.583. The Bertz CT molecular complexity index is 304. The van der Waals surface area contributed by atoms with E-state index in [0.717, 1.165) is 31.6 Å². The van der Waals surface area contributed by atoms with Crippen LogP contribution in [-0.4, -0.2) is 31.3 Å². The van der Waals surface area contributed by atoms with Crippen molar-refractivity contribution in [2.45, 2.75) is 25.8 Å². The highest BCUT2D eigenvalue weighted by Crippen LogP contribution is 2.11. The van der Waals surface area contributed by atoms with Gasteiger partial charge in [0.25, 0.3) is 0 Å². The predicted octanol–water partition coefficient (Wildman–Crippen LogP) is 1.22. The number of anilines is 1. The largest absolute Gasteiger partial charge is 0.385 e. The molecule has 0 radical (unpaired) electrons. The van der Waals surface area contributed by atoms with Crippen molar-refractivity contribution in [1.82, 2.24) is 10.3 Å². The Morgan fingerprint density at radius 3 is 3.00 bits per heavy atom. The summed E-state index contributed by atoms with van der Waals surface area (Å²) >= 11 is 0. The Kier molecular flexibility index (Phi) is 5.82. The summed E-state index contributed by atoms with van der Waals surface area (Å²) in [6.07, 6.45) is 3.60. The van der Waals surface area contributed by atoms with Crippen molar-refractivity contribution in [2.75, 3.05) is 26.0 Å². The second-order valence-corrected chi connectivity index (χ2v) is 3.79. The van der Waals surface area contributed by atoms with Gasteiger partial charge < -0.3 is 15.8 Å². The first-order valence-electron chi connectivity index (χ1n) is 5.69. The average molecular weight is 223 g/mol. The molecule has 1 heterocycles. The summed E-state index contributed by atoms with van der Waals surface area (Å²) in [7, 11) is 1.72. The van der Waals surface area contributed by atoms with Crippen LogP contribution >= 0.6 is 0 Å². The summed E-state index contributed by atoms with van der Waals surface area (Å²) in [5, 5.41) is 3.43. The molecule has 4 nitrogen and oxygen atoms in total. The smallest absolute Gasteiger partial charge is 0.126 e. The monoisotopic (exact) mass is 223 g/mol.